The highest BCUT2D eigenvalue weighted by molar-refractivity contribution is 7.92. The Morgan fingerprint density at radius 2 is 1.79 bits per heavy atom. The quantitative estimate of drug-likeness (QED) is 0.582. The summed E-state index contributed by atoms with van der Waals surface area (Å²) in [4.78, 5) is 25.2. The summed E-state index contributed by atoms with van der Waals surface area (Å²) in [5.41, 5.74) is 1.72. The number of hydrogen-bond donors (Lipinski definition) is 2. The topological polar surface area (TPSA) is 118 Å². The Bertz CT molecular complexity index is 1380. The molecule has 1 aromatic heterocycles. The van der Waals surface area contributed by atoms with E-state index in [9.17, 15) is 22.4 Å². The Hall–Kier alpha value is -3.44. The predicted molar refractivity (Wildman–Crippen MR) is 125 cm³/mol. The lowest BCUT2D eigenvalue weighted by molar-refractivity contribution is -0.134. The molecule has 3 aromatic rings. The fourth-order valence-corrected chi connectivity index (χ4v) is 5.00. The number of halogens is 1. The van der Waals surface area contributed by atoms with Crippen LogP contribution < -0.4 is 14.9 Å². The summed E-state index contributed by atoms with van der Waals surface area (Å²) in [6.07, 6.45) is -0.670. The third-order valence-electron chi connectivity index (χ3n) is 5.74. The lowest BCUT2D eigenvalue weighted by Gasteiger charge is -2.24. The molecule has 1 aliphatic heterocycles. The molecule has 2 N–H and O–H groups in total. The molecule has 11 heteroatoms. The van der Waals surface area contributed by atoms with Crippen molar-refractivity contribution in [3.63, 3.8) is 0 Å². The number of rotatable bonds is 4. The Balaban J connectivity index is 1.99. The van der Waals surface area contributed by atoms with E-state index in [2.05, 4.69) is 10.6 Å². The van der Waals surface area contributed by atoms with Gasteiger partial charge in [0.1, 0.15) is 17.2 Å². The zero-order chi connectivity index (χ0) is 24.8. The zero-order valence-electron chi connectivity index (χ0n) is 19.0. The van der Waals surface area contributed by atoms with Gasteiger partial charge in [0.05, 0.1) is 30.2 Å². The molecule has 0 aliphatic carbocycles. The minimum absolute atomic E-state index is 0.220. The number of nitrogens with one attached hydrogen (secondary N) is 2. The van der Waals surface area contributed by atoms with Gasteiger partial charge in [0.25, 0.3) is 11.8 Å². The Kier molecular flexibility index (Phi) is 6.09. The molecular formula is C23H24FN3O6S. The van der Waals surface area contributed by atoms with Crippen LogP contribution in [0, 0.1) is 5.82 Å². The molecule has 0 saturated carbocycles. The number of sulfonamides is 1. The molecule has 0 fully saturated rings. The predicted octanol–water partition coefficient (Wildman–Crippen LogP) is 2.57. The number of furan rings is 1. The van der Waals surface area contributed by atoms with Crippen LogP contribution in [0.4, 0.5) is 10.1 Å². The summed E-state index contributed by atoms with van der Waals surface area (Å²) in [5, 5.41) is 5.50. The standard InChI is InChI=1S/C23H24FN3O6S/c1-12-15-9-16-18(10-17(15)27(34(4,30)31)11-19(32-12)22(28)25-2)33-21(20(16)23(29)26-3)13-5-7-14(24)8-6-13/h5-10,12,19H,11H2,1-4H3,(H,25,28)(H,26,29). The van der Waals surface area contributed by atoms with Crippen LogP contribution in [0.3, 0.4) is 0 Å². The summed E-state index contributed by atoms with van der Waals surface area (Å²) < 4.78 is 51.9. The fraction of sp³-hybridized carbons (Fsp3) is 0.304. The van der Waals surface area contributed by atoms with E-state index in [4.69, 9.17) is 9.15 Å². The van der Waals surface area contributed by atoms with Crippen molar-refractivity contribution in [2.75, 3.05) is 31.2 Å². The second-order valence-corrected chi connectivity index (χ2v) is 9.88. The SMILES string of the molecule is CNC(=O)c1c(-c2ccc(F)cc2)oc2cc3c(cc12)C(C)OC(C(=O)NC)CN3S(C)(=O)=O. The zero-order valence-corrected chi connectivity index (χ0v) is 19.8. The number of fused-ring (bicyclic) bond motifs is 2. The van der Waals surface area contributed by atoms with Crippen LogP contribution in [0.5, 0.6) is 0 Å². The maximum absolute atomic E-state index is 13.5. The van der Waals surface area contributed by atoms with E-state index in [0.29, 0.717) is 16.5 Å². The highest BCUT2D eigenvalue weighted by Gasteiger charge is 2.36. The van der Waals surface area contributed by atoms with Crippen LogP contribution >= 0.6 is 0 Å². The second kappa shape index (κ2) is 8.73. The van der Waals surface area contributed by atoms with Gasteiger partial charge in [-0.1, -0.05) is 0 Å². The van der Waals surface area contributed by atoms with Crippen molar-refractivity contribution in [2.45, 2.75) is 19.1 Å². The molecule has 1 aliphatic rings. The van der Waals surface area contributed by atoms with Gasteiger partial charge in [0, 0.05) is 36.7 Å². The molecule has 2 atom stereocenters. The number of hydrogen-bond acceptors (Lipinski definition) is 6. The van der Waals surface area contributed by atoms with Crippen molar-refractivity contribution in [1.82, 2.24) is 10.6 Å². The van der Waals surface area contributed by atoms with E-state index in [1.54, 1.807) is 13.0 Å². The third-order valence-corrected chi connectivity index (χ3v) is 6.89. The minimum atomic E-state index is -3.80. The molecule has 9 nitrogen and oxygen atoms in total. The van der Waals surface area contributed by atoms with Gasteiger partial charge < -0.3 is 19.8 Å². The average molecular weight is 490 g/mol. The van der Waals surface area contributed by atoms with Gasteiger partial charge in [-0.25, -0.2) is 12.8 Å². The molecule has 2 aromatic carbocycles. The first kappa shape index (κ1) is 23.7. The van der Waals surface area contributed by atoms with Crippen molar-refractivity contribution < 1.29 is 31.6 Å². The Morgan fingerprint density at radius 3 is 2.38 bits per heavy atom. The molecule has 34 heavy (non-hydrogen) atoms. The van der Waals surface area contributed by atoms with Crippen LogP contribution in [0.25, 0.3) is 22.3 Å². The second-order valence-electron chi connectivity index (χ2n) is 7.97. The molecule has 2 unspecified atom stereocenters. The minimum Gasteiger partial charge on any atom is -0.455 e. The van der Waals surface area contributed by atoms with Gasteiger partial charge in [-0.05, 0) is 37.3 Å². The van der Waals surface area contributed by atoms with E-state index >= 15 is 0 Å². The van der Waals surface area contributed by atoms with Crippen molar-refractivity contribution in [2.24, 2.45) is 0 Å². The van der Waals surface area contributed by atoms with Crippen LogP contribution in [-0.2, 0) is 19.6 Å². The van der Waals surface area contributed by atoms with E-state index in [1.165, 1.54) is 44.4 Å². The van der Waals surface area contributed by atoms with Gasteiger partial charge >= 0.3 is 0 Å². The van der Waals surface area contributed by atoms with Crippen molar-refractivity contribution >= 4 is 38.5 Å². The van der Waals surface area contributed by atoms with Gasteiger partial charge in [-0.3, -0.25) is 13.9 Å². The largest absolute Gasteiger partial charge is 0.455 e. The average Bonchev–Trinajstić information content (AvgIpc) is 3.10. The lowest BCUT2D eigenvalue weighted by Crippen LogP contribution is -2.44. The number of anilines is 1. The number of benzene rings is 2. The van der Waals surface area contributed by atoms with Gasteiger partial charge in [0.15, 0.2) is 6.10 Å². The highest BCUT2D eigenvalue weighted by Crippen LogP contribution is 2.42. The first-order chi connectivity index (χ1) is 16.0. The number of ether oxygens (including phenoxy) is 1. The first-order valence-electron chi connectivity index (χ1n) is 10.5. The van der Waals surface area contributed by atoms with Crippen LogP contribution in [-0.4, -0.2) is 53.2 Å². The maximum Gasteiger partial charge on any atom is 0.255 e. The van der Waals surface area contributed by atoms with Crippen LogP contribution in [0.2, 0.25) is 0 Å². The van der Waals surface area contributed by atoms with E-state index in [-0.39, 0.29) is 29.1 Å². The van der Waals surface area contributed by atoms with Crippen LogP contribution in [0.15, 0.2) is 40.8 Å². The number of amides is 2. The molecule has 0 spiro atoms. The summed E-state index contributed by atoms with van der Waals surface area (Å²) in [5.74, 6) is -1.10. The summed E-state index contributed by atoms with van der Waals surface area (Å²) in [6, 6.07) is 8.66. The van der Waals surface area contributed by atoms with Gasteiger partial charge in [-0.2, -0.15) is 0 Å². The molecule has 2 heterocycles. The molecule has 2 amide bonds. The molecule has 0 saturated heterocycles. The maximum atomic E-state index is 13.5. The molecule has 0 radical (unpaired) electrons. The molecule has 4 rings (SSSR count). The van der Waals surface area contributed by atoms with Crippen molar-refractivity contribution in [3.8, 4) is 11.3 Å². The lowest BCUT2D eigenvalue weighted by atomic mass is 10.0. The monoisotopic (exact) mass is 489 g/mol. The third kappa shape index (κ3) is 4.12. The Morgan fingerprint density at radius 1 is 1.12 bits per heavy atom. The Labute approximate surface area is 195 Å². The van der Waals surface area contributed by atoms with E-state index in [0.717, 1.165) is 10.6 Å². The number of carbonyl (C=O) groups is 2. The summed E-state index contributed by atoms with van der Waals surface area (Å²) in [7, 11) is -0.880. The highest BCUT2D eigenvalue weighted by atomic mass is 32.2. The normalized spacial score (nSPS) is 18.3. The molecule has 180 valence electrons. The number of nitrogens with zero attached hydrogens (tertiary/aromatic N) is 1. The van der Waals surface area contributed by atoms with Crippen molar-refractivity contribution in [1.29, 1.82) is 0 Å². The number of likely N-dealkylation sites (N-methyl/N-ethyl adjacent to an activating group) is 1. The molecule has 0 bridgehead atoms. The van der Waals surface area contributed by atoms with E-state index < -0.39 is 39.9 Å². The number of carbonyl (C=O) groups excluding carboxylic acids is 2. The first-order valence-corrected chi connectivity index (χ1v) is 12.3. The summed E-state index contributed by atoms with van der Waals surface area (Å²) >= 11 is 0. The van der Waals surface area contributed by atoms with E-state index in [1.807, 2.05) is 0 Å². The van der Waals surface area contributed by atoms with Crippen molar-refractivity contribution in [3.05, 3.63) is 53.3 Å². The molecular weight excluding hydrogens is 465 g/mol. The van der Waals surface area contributed by atoms with Gasteiger partial charge in [-0.15, -0.1) is 0 Å². The van der Waals surface area contributed by atoms with Crippen LogP contribution in [0.1, 0.15) is 28.9 Å². The smallest absolute Gasteiger partial charge is 0.255 e. The van der Waals surface area contributed by atoms with Gasteiger partial charge in [0.2, 0.25) is 10.0 Å². The summed E-state index contributed by atoms with van der Waals surface area (Å²) in [6.45, 7) is 1.47. The fourth-order valence-electron chi connectivity index (χ4n) is 4.08.